The van der Waals surface area contributed by atoms with Crippen LogP contribution in [0.2, 0.25) is 0 Å². The quantitative estimate of drug-likeness (QED) is 0.416. The number of thioether (sulfide) groups is 1. The molecular formula is C24H23F2N3S. The van der Waals surface area contributed by atoms with E-state index in [2.05, 4.69) is 47.5 Å². The summed E-state index contributed by atoms with van der Waals surface area (Å²) in [5.74, 6) is -1.57. The maximum atomic E-state index is 13.6. The first-order valence-electron chi connectivity index (χ1n) is 10.1. The normalized spacial score (nSPS) is 16.3. The van der Waals surface area contributed by atoms with Crippen LogP contribution in [0.4, 0.5) is 8.78 Å². The predicted molar refractivity (Wildman–Crippen MR) is 115 cm³/mol. The van der Waals surface area contributed by atoms with Crippen LogP contribution in [0.25, 0.3) is 11.1 Å². The Balaban J connectivity index is 1.45. The lowest BCUT2D eigenvalue weighted by Gasteiger charge is -2.29. The lowest BCUT2D eigenvalue weighted by molar-refractivity contribution is -0.0381. The van der Waals surface area contributed by atoms with E-state index in [9.17, 15) is 8.78 Å². The van der Waals surface area contributed by atoms with Gasteiger partial charge in [-0.3, -0.25) is 0 Å². The molecule has 0 spiro atoms. The molecule has 3 aromatic rings. The van der Waals surface area contributed by atoms with Gasteiger partial charge in [-0.2, -0.15) is 5.26 Å². The van der Waals surface area contributed by atoms with E-state index in [0.29, 0.717) is 19.4 Å². The number of halogens is 2. The highest BCUT2D eigenvalue weighted by Crippen LogP contribution is 2.43. The number of nitriles is 1. The van der Waals surface area contributed by atoms with Crippen LogP contribution in [0.5, 0.6) is 0 Å². The van der Waals surface area contributed by atoms with Gasteiger partial charge >= 0.3 is 0 Å². The van der Waals surface area contributed by atoms with Crippen LogP contribution < -0.4 is 0 Å². The van der Waals surface area contributed by atoms with Crippen LogP contribution in [0.15, 0.2) is 66.0 Å². The molecule has 0 saturated heterocycles. The highest BCUT2D eigenvalue weighted by molar-refractivity contribution is 7.98. The zero-order chi connectivity index (χ0) is 21.0. The summed E-state index contributed by atoms with van der Waals surface area (Å²) in [5.41, 5.74) is 4.38. The fraction of sp³-hybridized carbons (Fsp3) is 0.333. The Morgan fingerprint density at radius 1 is 1.10 bits per heavy atom. The maximum absolute atomic E-state index is 13.6. The van der Waals surface area contributed by atoms with Gasteiger partial charge < -0.3 is 4.57 Å². The monoisotopic (exact) mass is 423 g/mol. The van der Waals surface area contributed by atoms with Crippen molar-refractivity contribution < 1.29 is 8.78 Å². The number of benzene rings is 2. The fourth-order valence-electron chi connectivity index (χ4n) is 4.00. The molecule has 1 saturated carbocycles. The van der Waals surface area contributed by atoms with E-state index in [4.69, 9.17) is 5.26 Å². The zero-order valence-corrected chi connectivity index (χ0v) is 17.4. The minimum absolute atomic E-state index is 0.0221. The smallest absolute Gasteiger partial charge is 0.248 e. The second kappa shape index (κ2) is 9.01. The molecule has 154 valence electrons. The topological polar surface area (TPSA) is 41.6 Å². The number of nitrogens with zero attached hydrogens (tertiary/aromatic N) is 3. The van der Waals surface area contributed by atoms with Gasteiger partial charge in [-0.05, 0) is 47.6 Å². The first kappa shape index (κ1) is 20.6. The van der Waals surface area contributed by atoms with E-state index in [0.717, 1.165) is 27.5 Å². The van der Waals surface area contributed by atoms with Crippen molar-refractivity contribution in [3.05, 3.63) is 72.3 Å². The van der Waals surface area contributed by atoms with Gasteiger partial charge in [0.15, 0.2) is 0 Å². The standard InChI is InChI=1S/C24H23F2N3S/c25-24(26)11-9-19(10-12-24)23-4-2-1-3-22(23)18-5-7-21(8-6-18)30-16-20-15-29(14-13-27)17-28-20/h1-8,15,17,19H,9-12,14,16H2. The van der Waals surface area contributed by atoms with Crippen LogP contribution in [0.3, 0.4) is 0 Å². The van der Waals surface area contributed by atoms with E-state index in [-0.39, 0.29) is 18.8 Å². The molecule has 1 aliphatic carbocycles. The number of aromatic nitrogens is 2. The minimum atomic E-state index is -2.51. The van der Waals surface area contributed by atoms with Gasteiger partial charge in [0, 0.05) is 29.7 Å². The molecule has 1 heterocycles. The number of alkyl halides is 2. The Hall–Kier alpha value is -2.65. The maximum Gasteiger partial charge on any atom is 0.248 e. The molecule has 0 N–H and O–H groups in total. The second-order valence-electron chi connectivity index (χ2n) is 7.73. The fourth-order valence-corrected chi connectivity index (χ4v) is 4.80. The van der Waals surface area contributed by atoms with Crippen LogP contribution >= 0.6 is 11.8 Å². The molecule has 30 heavy (non-hydrogen) atoms. The van der Waals surface area contributed by atoms with Crippen LogP contribution in [0, 0.1) is 11.3 Å². The second-order valence-corrected chi connectivity index (χ2v) is 8.77. The molecule has 6 heteroatoms. The Kier molecular flexibility index (Phi) is 6.19. The van der Waals surface area contributed by atoms with Crippen molar-refractivity contribution in [2.45, 2.75) is 54.7 Å². The largest absolute Gasteiger partial charge is 0.323 e. The summed E-state index contributed by atoms with van der Waals surface area (Å²) in [4.78, 5) is 5.47. The van der Waals surface area contributed by atoms with Gasteiger partial charge in [-0.15, -0.1) is 11.8 Å². The van der Waals surface area contributed by atoms with E-state index in [1.165, 1.54) is 5.56 Å². The molecule has 2 aromatic carbocycles. The molecule has 1 aliphatic rings. The van der Waals surface area contributed by atoms with E-state index in [1.54, 1.807) is 22.7 Å². The van der Waals surface area contributed by atoms with Crippen molar-refractivity contribution >= 4 is 11.8 Å². The average molecular weight is 424 g/mol. The molecule has 1 aromatic heterocycles. The van der Waals surface area contributed by atoms with Crippen molar-refractivity contribution in [1.82, 2.24) is 9.55 Å². The molecule has 1 fully saturated rings. The predicted octanol–water partition coefficient (Wildman–Crippen LogP) is 6.66. The molecule has 0 aliphatic heterocycles. The van der Waals surface area contributed by atoms with Crippen molar-refractivity contribution in [2.75, 3.05) is 0 Å². The summed E-state index contributed by atoms with van der Waals surface area (Å²) in [6.07, 6.45) is 4.61. The molecular weight excluding hydrogens is 400 g/mol. The SMILES string of the molecule is N#CCn1cnc(CSc2ccc(-c3ccccc3C3CCC(F)(F)CC3)cc2)c1. The third-order valence-corrected chi connectivity index (χ3v) is 6.66. The highest BCUT2D eigenvalue weighted by atomic mass is 32.2. The van der Waals surface area contributed by atoms with Crippen LogP contribution in [-0.4, -0.2) is 15.5 Å². The first-order chi connectivity index (χ1) is 14.5. The molecule has 0 amide bonds. The van der Waals surface area contributed by atoms with Crippen molar-refractivity contribution in [2.24, 2.45) is 0 Å². The molecule has 0 atom stereocenters. The number of imidazole rings is 1. The Labute approximate surface area is 179 Å². The van der Waals surface area contributed by atoms with Gasteiger partial charge in [0.1, 0.15) is 6.54 Å². The number of rotatable bonds is 6. The van der Waals surface area contributed by atoms with Crippen LogP contribution in [0.1, 0.15) is 42.9 Å². The van der Waals surface area contributed by atoms with Gasteiger partial charge in [-0.1, -0.05) is 36.4 Å². The summed E-state index contributed by atoms with van der Waals surface area (Å²) >= 11 is 1.70. The summed E-state index contributed by atoms with van der Waals surface area (Å²) < 4.78 is 28.9. The lowest BCUT2D eigenvalue weighted by atomic mass is 9.79. The summed E-state index contributed by atoms with van der Waals surface area (Å²) in [5, 5.41) is 8.75. The molecule has 4 rings (SSSR count). The minimum Gasteiger partial charge on any atom is -0.323 e. The zero-order valence-electron chi connectivity index (χ0n) is 16.6. The first-order valence-corrected chi connectivity index (χ1v) is 11.1. The highest BCUT2D eigenvalue weighted by Gasteiger charge is 2.35. The third-order valence-electron chi connectivity index (χ3n) is 5.61. The summed E-state index contributed by atoms with van der Waals surface area (Å²) in [7, 11) is 0. The Morgan fingerprint density at radius 3 is 2.57 bits per heavy atom. The van der Waals surface area contributed by atoms with Crippen molar-refractivity contribution in [1.29, 1.82) is 5.26 Å². The van der Waals surface area contributed by atoms with Gasteiger partial charge in [0.2, 0.25) is 5.92 Å². The van der Waals surface area contributed by atoms with E-state index >= 15 is 0 Å². The van der Waals surface area contributed by atoms with Crippen LogP contribution in [-0.2, 0) is 12.3 Å². The Bertz CT molecular complexity index is 1030. The number of hydrogen-bond donors (Lipinski definition) is 0. The van der Waals surface area contributed by atoms with Gasteiger partial charge in [0.25, 0.3) is 0 Å². The molecule has 3 nitrogen and oxygen atoms in total. The van der Waals surface area contributed by atoms with E-state index in [1.807, 2.05) is 18.3 Å². The third kappa shape index (κ3) is 4.91. The van der Waals surface area contributed by atoms with Gasteiger partial charge in [-0.25, -0.2) is 13.8 Å². The van der Waals surface area contributed by atoms with E-state index < -0.39 is 5.92 Å². The van der Waals surface area contributed by atoms with Crippen molar-refractivity contribution in [3.8, 4) is 17.2 Å². The molecule has 0 bridgehead atoms. The summed E-state index contributed by atoms with van der Waals surface area (Å²) in [6, 6.07) is 18.7. The molecule has 0 radical (unpaired) electrons. The number of hydrogen-bond acceptors (Lipinski definition) is 3. The van der Waals surface area contributed by atoms with Crippen molar-refractivity contribution in [3.63, 3.8) is 0 Å². The lowest BCUT2D eigenvalue weighted by Crippen LogP contribution is -2.23. The van der Waals surface area contributed by atoms with Gasteiger partial charge in [0.05, 0.1) is 18.1 Å². The molecule has 0 unspecified atom stereocenters. The summed E-state index contributed by atoms with van der Waals surface area (Å²) in [6.45, 7) is 0.310. The average Bonchev–Trinajstić information content (AvgIpc) is 3.21. The Morgan fingerprint density at radius 2 is 1.83 bits per heavy atom.